The summed E-state index contributed by atoms with van der Waals surface area (Å²) in [7, 11) is 0. The molecule has 9 rings (SSSR count). The van der Waals surface area contributed by atoms with Gasteiger partial charge in [0.15, 0.2) is 5.82 Å². The van der Waals surface area contributed by atoms with Crippen LogP contribution in [-0.2, 0) is 5.41 Å². The van der Waals surface area contributed by atoms with Crippen LogP contribution >= 0.6 is 11.8 Å². The van der Waals surface area contributed by atoms with Crippen molar-refractivity contribution in [2.75, 3.05) is 0 Å². The molecule has 1 spiro atoms. The Morgan fingerprint density at radius 3 is 1.59 bits per heavy atom. The van der Waals surface area contributed by atoms with Gasteiger partial charge in [-0.1, -0.05) is 145 Å². The highest BCUT2D eigenvalue weighted by Gasteiger charge is 2.50. The van der Waals surface area contributed by atoms with Crippen molar-refractivity contribution in [1.29, 1.82) is 0 Å². The fourth-order valence-corrected chi connectivity index (χ4v) is 8.27. The van der Waals surface area contributed by atoms with E-state index in [1.807, 2.05) is 36.0 Å². The van der Waals surface area contributed by atoms with Crippen molar-refractivity contribution < 1.29 is 0 Å². The summed E-state index contributed by atoms with van der Waals surface area (Å²) in [4.78, 5) is 12.8. The highest BCUT2D eigenvalue weighted by molar-refractivity contribution is 7.99. The summed E-state index contributed by atoms with van der Waals surface area (Å²) in [6.45, 7) is 0. The zero-order chi connectivity index (χ0) is 29.1. The number of fused-ring (bicyclic) bond motifs is 9. The minimum absolute atomic E-state index is 0.419. The van der Waals surface area contributed by atoms with E-state index < -0.39 is 5.41 Å². The smallest absolute Gasteiger partial charge is 0.160 e. The van der Waals surface area contributed by atoms with Gasteiger partial charge in [0.25, 0.3) is 0 Å². The lowest BCUT2D eigenvalue weighted by Crippen LogP contribution is -2.31. The number of hydrogen-bond donors (Lipinski definition) is 0. The van der Waals surface area contributed by atoms with Crippen LogP contribution in [0.4, 0.5) is 0 Å². The van der Waals surface area contributed by atoms with E-state index in [-0.39, 0.29) is 0 Å². The Balaban J connectivity index is 1.33. The molecule has 0 bridgehead atoms. The van der Waals surface area contributed by atoms with E-state index in [9.17, 15) is 0 Å². The molecule has 0 radical (unpaired) electrons. The van der Waals surface area contributed by atoms with Gasteiger partial charge in [0.1, 0.15) is 0 Å². The van der Waals surface area contributed by atoms with Gasteiger partial charge in [0.2, 0.25) is 0 Å². The van der Waals surface area contributed by atoms with Gasteiger partial charge in [-0.3, -0.25) is 0 Å². The largest absolute Gasteiger partial charge is 0.228 e. The monoisotopic (exact) mass is 578 g/mol. The van der Waals surface area contributed by atoms with Gasteiger partial charge in [-0.15, -0.1) is 0 Å². The molecular weight excluding hydrogens is 553 g/mol. The van der Waals surface area contributed by atoms with Crippen LogP contribution in [0.1, 0.15) is 22.3 Å². The summed E-state index contributed by atoms with van der Waals surface area (Å²) in [6.07, 6.45) is 0. The second kappa shape index (κ2) is 9.90. The molecule has 1 aliphatic carbocycles. The van der Waals surface area contributed by atoms with Crippen molar-refractivity contribution in [3.63, 3.8) is 0 Å². The first kappa shape index (κ1) is 25.3. The van der Waals surface area contributed by atoms with Gasteiger partial charge < -0.3 is 0 Å². The fraction of sp³-hybridized carbons (Fsp3) is 0.0244. The molecule has 2 aliphatic rings. The van der Waals surface area contributed by atoms with E-state index in [0.29, 0.717) is 0 Å². The molecule has 0 fully saturated rings. The lowest BCUT2D eigenvalue weighted by Gasteiger charge is -2.39. The Labute approximate surface area is 261 Å². The molecule has 2 nitrogen and oxygen atoms in total. The fourth-order valence-electron chi connectivity index (χ4n) is 7.08. The first-order valence-electron chi connectivity index (χ1n) is 14.9. The summed E-state index contributed by atoms with van der Waals surface area (Å²) < 4.78 is 0. The maximum Gasteiger partial charge on any atom is 0.160 e. The maximum atomic E-state index is 5.18. The van der Waals surface area contributed by atoms with Crippen molar-refractivity contribution in [3.8, 4) is 45.0 Å². The zero-order valence-corrected chi connectivity index (χ0v) is 24.6. The van der Waals surface area contributed by atoms with Crippen LogP contribution < -0.4 is 0 Å². The molecule has 206 valence electrons. The van der Waals surface area contributed by atoms with Crippen LogP contribution in [0, 0.1) is 0 Å². The standard InChI is InChI=1S/C41H26N2S/c1-3-13-27(14-4-1)36-26-37(43-40(42-36)28-15-5-2-6-16-28)29-23-24-31-30-17-7-8-18-32(30)41(35(31)25-29)33-19-9-11-21-38(33)44-39-22-12-10-20-34(39)41/h1-26H. The molecule has 6 aromatic carbocycles. The average Bonchev–Trinajstić information content (AvgIpc) is 3.39. The van der Waals surface area contributed by atoms with E-state index in [1.54, 1.807) is 0 Å². The van der Waals surface area contributed by atoms with Crippen LogP contribution in [0.25, 0.3) is 45.0 Å². The number of rotatable bonds is 3. The van der Waals surface area contributed by atoms with Gasteiger partial charge in [0.05, 0.1) is 16.8 Å². The SMILES string of the molecule is c1ccc(-c2cc(-c3ccc4c(c3)C3(c5ccccc5Sc5ccccc53)c3ccccc3-4)nc(-c3ccccc3)n2)cc1. The molecular formula is C41H26N2S. The number of nitrogens with zero attached hydrogens (tertiary/aromatic N) is 2. The molecule has 0 unspecified atom stereocenters. The minimum Gasteiger partial charge on any atom is -0.228 e. The maximum absolute atomic E-state index is 5.18. The molecule has 2 heterocycles. The second-order valence-corrected chi connectivity index (χ2v) is 12.4. The third kappa shape index (κ3) is 3.69. The van der Waals surface area contributed by atoms with E-state index in [0.717, 1.165) is 33.9 Å². The van der Waals surface area contributed by atoms with Crippen molar-refractivity contribution in [2.24, 2.45) is 0 Å². The summed E-state index contributed by atoms with van der Waals surface area (Å²) >= 11 is 1.87. The van der Waals surface area contributed by atoms with Crippen LogP contribution in [0.2, 0.25) is 0 Å². The Bertz CT molecular complexity index is 2100. The second-order valence-electron chi connectivity index (χ2n) is 11.3. The molecule has 1 aromatic heterocycles. The third-order valence-corrected chi connectivity index (χ3v) is 10.1. The Hall–Kier alpha value is -5.25. The first-order valence-corrected chi connectivity index (χ1v) is 15.7. The minimum atomic E-state index is -0.419. The predicted molar refractivity (Wildman–Crippen MR) is 180 cm³/mol. The van der Waals surface area contributed by atoms with Crippen molar-refractivity contribution in [1.82, 2.24) is 9.97 Å². The van der Waals surface area contributed by atoms with E-state index in [2.05, 4.69) is 133 Å². The van der Waals surface area contributed by atoms with Crippen LogP contribution in [-0.4, -0.2) is 9.97 Å². The Morgan fingerprint density at radius 2 is 0.909 bits per heavy atom. The molecule has 7 aromatic rings. The number of hydrogen-bond acceptors (Lipinski definition) is 3. The highest BCUT2D eigenvalue weighted by atomic mass is 32.2. The summed E-state index contributed by atoms with van der Waals surface area (Å²) in [5.41, 5.74) is 12.5. The molecule has 1 aliphatic heterocycles. The van der Waals surface area contributed by atoms with Gasteiger partial charge in [-0.05, 0) is 57.6 Å². The van der Waals surface area contributed by atoms with E-state index in [4.69, 9.17) is 9.97 Å². The molecule has 0 atom stereocenters. The van der Waals surface area contributed by atoms with Gasteiger partial charge in [-0.25, -0.2) is 9.97 Å². The first-order chi connectivity index (χ1) is 21.8. The molecule has 3 heteroatoms. The molecule has 44 heavy (non-hydrogen) atoms. The Kier molecular flexibility index (Phi) is 5.69. The van der Waals surface area contributed by atoms with Crippen LogP contribution in [0.3, 0.4) is 0 Å². The van der Waals surface area contributed by atoms with E-state index >= 15 is 0 Å². The summed E-state index contributed by atoms with van der Waals surface area (Å²) in [5.74, 6) is 0.727. The summed E-state index contributed by atoms with van der Waals surface area (Å²) in [6, 6.07) is 56.5. The third-order valence-electron chi connectivity index (χ3n) is 8.97. The molecule has 0 N–H and O–H groups in total. The number of aromatic nitrogens is 2. The van der Waals surface area contributed by atoms with Gasteiger partial charge in [0, 0.05) is 26.5 Å². The zero-order valence-electron chi connectivity index (χ0n) is 23.8. The average molecular weight is 579 g/mol. The Morgan fingerprint density at radius 1 is 0.386 bits per heavy atom. The quantitative estimate of drug-likeness (QED) is 0.209. The van der Waals surface area contributed by atoms with Crippen LogP contribution in [0.15, 0.2) is 168 Å². The predicted octanol–water partition coefficient (Wildman–Crippen LogP) is 10.3. The van der Waals surface area contributed by atoms with Crippen LogP contribution in [0.5, 0.6) is 0 Å². The molecule has 0 saturated heterocycles. The molecule has 0 amide bonds. The van der Waals surface area contributed by atoms with Gasteiger partial charge >= 0.3 is 0 Å². The van der Waals surface area contributed by atoms with Gasteiger partial charge in [-0.2, -0.15) is 0 Å². The van der Waals surface area contributed by atoms with Crippen molar-refractivity contribution >= 4 is 11.8 Å². The number of benzene rings is 6. The van der Waals surface area contributed by atoms with Crippen molar-refractivity contribution in [2.45, 2.75) is 15.2 Å². The lowest BCUT2D eigenvalue weighted by atomic mass is 9.67. The lowest BCUT2D eigenvalue weighted by molar-refractivity contribution is 0.722. The van der Waals surface area contributed by atoms with Crippen molar-refractivity contribution in [3.05, 3.63) is 180 Å². The summed E-state index contributed by atoms with van der Waals surface area (Å²) in [5, 5.41) is 0. The van der Waals surface area contributed by atoms with E-state index in [1.165, 1.54) is 43.2 Å². The topological polar surface area (TPSA) is 25.8 Å². The molecule has 0 saturated carbocycles. The highest BCUT2D eigenvalue weighted by Crippen LogP contribution is 2.62. The normalized spacial score (nSPS) is 13.5.